The van der Waals surface area contributed by atoms with E-state index in [1.54, 1.807) is 7.11 Å². The number of benzene rings is 1. The van der Waals surface area contributed by atoms with Gasteiger partial charge in [-0.2, -0.15) is 0 Å². The highest BCUT2D eigenvalue weighted by atomic mass is 16.5. The van der Waals surface area contributed by atoms with Gasteiger partial charge in [0.05, 0.1) is 13.2 Å². The fourth-order valence-electron chi connectivity index (χ4n) is 5.56. The Balaban J connectivity index is 1.58. The van der Waals surface area contributed by atoms with Gasteiger partial charge in [0.1, 0.15) is 11.8 Å². The van der Waals surface area contributed by atoms with E-state index in [0.717, 1.165) is 74.5 Å². The molecule has 1 saturated heterocycles. The first kappa shape index (κ1) is 23.0. The van der Waals surface area contributed by atoms with Crippen molar-refractivity contribution < 1.29 is 4.74 Å². The SMILES string of the molecule is CCCN1CCN([C@@H](c2cc3cc(OC)ccc3[nH]c2=O)c2nnnn2C2CCCCC2)CC1. The number of piperazine rings is 1. The van der Waals surface area contributed by atoms with E-state index in [1.165, 1.54) is 19.3 Å². The lowest BCUT2D eigenvalue weighted by molar-refractivity contribution is 0.103. The van der Waals surface area contributed by atoms with Crippen LogP contribution in [0.25, 0.3) is 10.9 Å². The van der Waals surface area contributed by atoms with Crippen molar-refractivity contribution in [2.75, 3.05) is 39.8 Å². The molecule has 2 fully saturated rings. The van der Waals surface area contributed by atoms with Gasteiger partial charge in [0.25, 0.3) is 5.56 Å². The number of H-pyrrole nitrogens is 1. The van der Waals surface area contributed by atoms with Gasteiger partial charge in [0.2, 0.25) is 0 Å². The number of nitrogens with zero attached hydrogens (tertiary/aromatic N) is 6. The molecule has 34 heavy (non-hydrogen) atoms. The third-order valence-corrected chi connectivity index (χ3v) is 7.37. The highest BCUT2D eigenvalue weighted by Crippen LogP contribution is 2.33. The minimum absolute atomic E-state index is 0.0863. The van der Waals surface area contributed by atoms with Crippen LogP contribution in [-0.2, 0) is 0 Å². The molecule has 3 heterocycles. The number of fused-ring (bicyclic) bond motifs is 1. The maximum absolute atomic E-state index is 13.4. The molecule has 5 rings (SSSR count). The third kappa shape index (κ3) is 4.59. The Kier molecular flexibility index (Phi) is 6.92. The van der Waals surface area contributed by atoms with E-state index in [4.69, 9.17) is 4.74 Å². The molecule has 2 aromatic heterocycles. The molecule has 1 aliphatic heterocycles. The zero-order valence-corrected chi connectivity index (χ0v) is 20.2. The highest BCUT2D eigenvalue weighted by molar-refractivity contribution is 5.80. The van der Waals surface area contributed by atoms with Crippen molar-refractivity contribution >= 4 is 10.9 Å². The molecule has 1 saturated carbocycles. The third-order valence-electron chi connectivity index (χ3n) is 7.37. The van der Waals surface area contributed by atoms with Crippen molar-refractivity contribution in [2.45, 2.75) is 57.5 Å². The summed E-state index contributed by atoms with van der Waals surface area (Å²) in [5, 5.41) is 14.0. The zero-order valence-electron chi connectivity index (χ0n) is 20.2. The second-order valence-electron chi connectivity index (χ2n) is 9.56. The fourth-order valence-corrected chi connectivity index (χ4v) is 5.56. The summed E-state index contributed by atoms with van der Waals surface area (Å²) in [5.74, 6) is 1.55. The van der Waals surface area contributed by atoms with Crippen LogP contribution in [0.4, 0.5) is 0 Å². The summed E-state index contributed by atoms with van der Waals surface area (Å²) in [6.07, 6.45) is 6.97. The summed E-state index contributed by atoms with van der Waals surface area (Å²) in [6, 6.07) is 7.73. The van der Waals surface area contributed by atoms with Crippen LogP contribution in [0.1, 0.15) is 68.9 Å². The van der Waals surface area contributed by atoms with Crippen LogP contribution in [0.3, 0.4) is 0 Å². The highest BCUT2D eigenvalue weighted by Gasteiger charge is 2.34. The second kappa shape index (κ2) is 10.2. The summed E-state index contributed by atoms with van der Waals surface area (Å²) in [4.78, 5) is 21.4. The maximum atomic E-state index is 13.4. The lowest BCUT2D eigenvalue weighted by Gasteiger charge is -2.39. The largest absolute Gasteiger partial charge is 0.497 e. The lowest BCUT2D eigenvalue weighted by atomic mass is 9.95. The van der Waals surface area contributed by atoms with Gasteiger partial charge in [-0.15, -0.1) is 5.10 Å². The first-order chi connectivity index (χ1) is 16.7. The Morgan fingerprint density at radius 1 is 1.12 bits per heavy atom. The van der Waals surface area contributed by atoms with Crippen molar-refractivity contribution in [2.24, 2.45) is 0 Å². The number of rotatable bonds is 7. The van der Waals surface area contributed by atoms with E-state index >= 15 is 0 Å². The number of tetrazole rings is 1. The van der Waals surface area contributed by atoms with Gasteiger partial charge in [0.15, 0.2) is 5.82 Å². The quantitative estimate of drug-likeness (QED) is 0.573. The minimum Gasteiger partial charge on any atom is -0.497 e. The first-order valence-corrected chi connectivity index (χ1v) is 12.6. The van der Waals surface area contributed by atoms with Crippen LogP contribution in [-0.4, -0.2) is 74.8 Å². The topological polar surface area (TPSA) is 92.2 Å². The fraction of sp³-hybridized carbons (Fsp3) is 0.600. The van der Waals surface area contributed by atoms with Crippen LogP contribution in [0.5, 0.6) is 5.75 Å². The van der Waals surface area contributed by atoms with Crippen LogP contribution in [0, 0.1) is 0 Å². The molecule has 1 atom stereocenters. The Morgan fingerprint density at radius 3 is 2.65 bits per heavy atom. The number of aromatic nitrogens is 5. The predicted molar refractivity (Wildman–Crippen MR) is 131 cm³/mol. The number of hydrogen-bond acceptors (Lipinski definition) is 7. The normalized spacial score (nSPS) is 19.5. The molecular formula is C25H35N7O2. The standard InChI is InChI=1S/C25H35N7O2/c1-3-11-30-12-14-31(15-13-30)23(24-27-28-29-32(24)19-7-5-4-6-8-19)21-17-18-16-20(34-2)9-10-22(18)26-25(21)33/h9-10,16-17,19,23H,3-8,11-15H2,1-2H3,(H,26,33)/t23-/m0/s1. The van der Waals surface area contributed by atoms with E-state index in [1.807, 2.05) is 28.9 Å². The van der Waals surface area contributed by atoms with Gasteiger partial charge in [-0.1, -0.05) is 26.2 Å². The average Bonchev–Trinajstić information content (AvgIpc) is 3.35. The number of ether oxygens (including phenoxy) is 1. The van der Waals surface area contributed by atoms with Gasteiger partial charge in [0, 0.05) is 42.6 Å². The van der Waals surface area contributed by atoms with Crippen molar-refractivity contribution in [1.29, 1.82) is 0 Å². The van der Waals surface area contributed by atoms with Crippen LogP contribution in [0.2, 0.25) is 0 Å². The first-order valence-electron chi connectivity index (χ1n) is 12.6. The summed E-state index contributed by atoms with van der Waals surface area (Å²) in [5.41, 5.74) is 1.40. The summed E-state index contributed by atoms with van der Waals surface area (Å²) < 4.78 is 7.44. The average molecular weight is 466 g/mol. The van der Waals surface area contributed by atoms with Gasteiger partial charge in [-0.25, -0.2) is 4.68 Å². The number of methoxy groups -OCH3 is 1. The minimum atomic E-state index is -0.292. The molecule has 1 aliphatic carbocycles. The summed E-state index contributed by atoms with van der Waals surface area (Å²) in [7, 11) is 1.66. The number of nitrogens with one attached hydrogen (secondary N) is 1. The van der Waals surface area contributed by atoms with Crippen molar-refractivity contribution in [3.8, 4) is 5.75 Å². The van der Waals surface area contributed by atoms with E-state index in [2.05, 4.69) is 37.2 Å². The molecule has 1 N–H and O–H groups in total. The molecule has 0 bridgehead atoms. The van der Waals surface area contributed by atoms with Crippen LogP contribution < -0.4 is 10.3 Å². The lowest BCUT2D eigenvalue weighted by Crippen LogP contribution is -2.49. The predicted octanol–water partition coefficient (Wildman–Crippen LogP) is 3.15. The Hall–Kier alpha value is -2.78. The van der Waals surface area contributed by atoms with Gasteiger partial charge < -0.3 is 14.6 Å². The molecule has 182 valence electrons. The van der Waals surface area contributed by atoms with Crippen molar-refractivity contribution in [3.05, 3.63) is 46.0 Å². The number of hydrogen-bond donors (Lipinski definition) is 1. The van der Waals surface area contributed by atoms with Gasteiger partial charge >= 0.3 is 0 Å². The van der Waals surface area contributed by atoms with E-state index in [9.17, 15) is 4.79 Å². The number of pyridine rings is 1. The molecule has 1 aromatic carbocycles. The zero-order chi connectivity index (χ0) is 23.5. The monoisotopic (exact) mass is 465 g/mol. The van der Waals surface area contributed by atoms with Gasteiger partial charge in [-0.3, -0.25) is 9.69 Å². The van der Waals surface area contributed by atoms with E-state index in [0.29, 0.717) is 11.6 Å². The van der Waals surface area contributed by atoms with E-state index < -0.39 is 0 Å². The molecule has 0 radical (unpaired) electrons. The molecule has 2 aliphatic rings. The smallest absolute Gasteiger partial charge is 0.253 e. The van der Waals surface area contributed by atoms with E-state index in [-0.39, 0.29) is 11.6 Å². The van der Waals surface area contributed by atoms with Gasteiger partial charge in [-0.05, 0) is 60.5 Å². The van der Waals surface area contributed by atoms with Crippen molar-refractivity contribution in [1.82, 2.24) is 35.0 Å². The summed E-state index contributed by atoms with van der Waals surface area (Å²) >= 11 is 0. The molecule has 9 heteroatoms. The summed E-state index contributed by atoms with van der Waals surface area (Å²) in [6.45, 7) is 7.03. The Bertz CT molecular complexity index is 1160. The van der Waals surface area contributed by atoms with Crippen LogP contribution >= 0.6 is 0 Å². The Labute approximate surface area is 200 Å². The molecule has 3 aromatic rings. The molecular weight excluding hydrogens is 430 g/mol. The Morgan fingerprint density at radius 2 is 1.91 bits per heavy atom. The maximum Gasteiger partial charge on any atom is 0.253 e. The molecule has 0 spiro atoms. The van der Waals surface area contributed by atoms with Crippen molar-refractivity contribution in [3.63, 3.8) is 0 Å². The molecule has 0 amide bonds. The van der Waals surface area contributed by atoms with Crippen LogP contribution in [0.15, 0.2) is 29.1 Å². The number of aromatic amines is 1. The molecule has 0 unspecified atom stereocenters. The molecule has 9 nitrogen and oxygen atoms in total. The second-order valence-corrected chi connectivity index (χ2v) is 9.56.